The zero-order chi connectivity index (χ0) is 11.7. The summed E-state index contributed by atoms with van der Waals surface area (Å²) in [4.78, 5) is 0. The SMILES string of the molecule is NC(Cc1ccn(C2CCCC2)n1)C1CCC1. The summed E-state index contributed by atoms with van der Waals surface area (Å²) >= 11 is 0. The van der Waals surface area contributed by atoms with E-state index in [1.54, 1.807) is 0 Å². The first-order chi connectivity index (χ1) is 8.33. The van der Waals surface area contributed by atoms with E-state index in [2.05, 4.69) is 16.9 Å². The van der Waals surface area contributed by atoms with Gasteiger partial charge in [-0.3, -0.25) is 4.68 Å². The molecule has 1 aromatic rings. The molecule has 0 aromatic carbocycles. The highest BCUT2D eigenvalue weighted by molar-refractivity contribution is 5.03. The van der Waals surface area contributed by atoms with Crippen molar-refractivity contribution in [1.29, 1.82) is 0 Å². The molecule has 0 radical (unpaired) electrons. The van der Waals surface area contributed by atoms with Gasteiger partial charge in [0.15, 0.2) is 0 Å². The van der Waals surface area contributed by atoms with Gasteiger partial charge in [0.05, 0.1) is 11.7 Å². The summed E-state index contributed by atoms with van der Waals surface area (Å²) in [5.74, 6) is 0.756. The lowest BCUT2D eigenvalue weighted by Crippen LogP contribution is -2.36. The fourth-order valence-electron chi connectivity index (χ4n) is 3.13. The largest absolute Gasteiger partial charge is 0.327 e. The topological polar surface area (TPSA) is 43.8 Å². The van der Waals surface area contributed by atoms with Gasteiger partial charge in [0.25, 0.3) is 0 Å². The van der Waals surface area contributed by atoms with Crippen LogP contribution >= 0.6 is 0 Å². The summed E-state index contributed by atoms with van der Waals surface area (Å²) in [7, 11) is 0. The van der Waals surface area contributed by atoms with Crippen LogP contribution in [0, 0.1) is 5.92 Å². The molecule has 17 heavy (non-hydrogen) atoms. The van der Waals surface area contributed by atoms with Gasteiger partial charge in [0, 0.05) is 18.7 Å². The normalized spacial score (nSPS) is 23.8. The molecule has 3 nitrogen and oxygen atoms in total. The molecule has 0 aliphatic heterocycles. The fourth-order valence-corrected chi connectivity index (χ4v) is 3.13. The molecule has 1 heterocycles. The highest BCUT2D eigenvalue weighted by atomic mass is 15.3. The van der Waals surface area contributed by atoms with E-state index in [-0.39, 0.29) is 0 Å². The highest BCUT2D eigenvalue weighted by Crippen LogP contribution is 2.31. The maximum absolute atomic E-state index is 6.22. The molecule has 94 valence electrons. The van der Waals surface area contributed by atoms with Gasteiger partial charge < -0.3 is 5.73 Å². The van der Waals surface area contributed by atoms with Crippen molar-refractivity contribution < 1.29 is 0 Å². The molecule has 2 fully saturated rings. The molecule has 3 heteroatoms. The fraction of sp³-hybridized carbons (Fsp3) is 0.786. The van der Waals surface area contributed by atoms with Crippen LogP contribution in [-0.4, -0.2) is 15.8 Å². The van der Waals surface area contributed by atoms with E-state index in [0.717, 1.165) is 12.3 Å². The van der Waals surface area contributed by atoms with Crippen molar-refractivity contribution in [3.8, 4) is 0 Å². The molecule has 1 unspecified atom stereocenters. The minimum Gasteiger partial charge on any atom is -0.327 e. The molecule has 2 aliphatic rings. The zero-order valence-corrected chi connectivity index (χ0v) is 10.5. The van der Waals surface area contributed by atoms with Gasteiger partial charge in [0.2, 0.25) is 0 Å². The maximum Gasteiger partial charge on any atom is 0.0640 e. The first-order valence-electron chi connectivity index (χ1n) is 7.12. The molecule has 2 saturated carbocycles. The van der Waals surface area contributed by atoms with Gasteiger partial charge in [-0.1, -0.05) is 19.3 Å². The van der Waals surface area contributed by atoms with Crippen LogP contribution in [0.3, 0.4) is 0 Å². The summed E-state index contributed by atoms with van der Waals surface area (Å²) in [6.07, 6.45) is 12.5. The molecule has 0 amide bonds. The minimum atomic E-state index is 0.329. The third-order valence-corrected chi connectivity index (χ3v) is 4.56. The number of aromatic nitrogens is 2. The molecule has 2 N–H and O–H groups in total. The van der Waals surface area contributed by atoms with E-state index in [4.69, 9.17) is 10.8 Å². The second-order valence-corrected chi connectivity index (χ2v) is 5.78. The summed E-state index contributed by atoms with van der Waals surface area (Å²) in [5, 5.41) is 4.71. The lowest BCUT2D eigenvalue weighted by atomic mass is 9.78. The highest BCUT2D eigenvalue weighted by Gasteiger charge is 2.25. The standard InChI is InChI=1S/C14H23N3/c15-14(11-4-3-5-11)10-12-8-9-17(16-12)13-6-1-2-7-13/h8-9,11,13-14H,1-7,10,15H2. The summed E-state index contributed by atoms with van der Waals surface area (Å²) < 4.78 is 2.18. The van der Waals surface area contributed by atoms with Gasteiger partial charge in [0.1, 0.15) is 0 Å². The predicted octanol–water partition coefficient (Wildman–Crippen LogP) is 2.67. The Kier molecular flexibility index (Phi) is 3.19. The zero-order valence-electron chi connectivity index (χ0n) is 10.5. The van der Waals surface area contributed by atoms with E-state index >= 15 is 0 Å². The van der Waals surface area contributed by atoms with E-state index < -0.39 is 0 Å². The Morgan fingerprint density at radius 3 is 2.65 bits per heavy atom. The summed E-state index contributed by atoms with van der Waals surface area (Å²) in [6, 6.07) is 3.15. The van der Waals surface area contributed by atoms with Crippen molar-refractivity contribution in [3.63, 3.8) is 0 Å². The average Bonchev–Trinajstić information content (AvgIpc) is 2.82. The van der Waals surface area contributed by atoms with Gasteiger partial charge in [-0.25, -0.2) is 0 Å². The molecular formula is C14H23N3. The van der Waals surface area contributed by atoms with Crippen LogP contribution in [0.15, 0.2) is 12.3 Å². The van der Waals surface area contributed by atoms with Gasteiger partial charge >= 0.3 is 0 Å². The first-order valence-corrected chi connectivity index (χ1v) is 7.12. The molecule has 0 bridgehead atoms. The van der Waals surface area contributed by atoms with Crippen molar-refractivity contribution in [3.05, 3.63) is 18.0 Å². The lowest BCUT2D eigenvalue weighted by molar-refractivity contribution is 0.259. The Balaban J connectivity index is 1.59. The lowest BCUT2D eigenvalue weighted by Gasteiger charge is -2.30. The molecule has 1 aromatic heterocycles. The Morgan fingerprint density at radius 2 is 2.00 bits per heavy atom. The summed E-state index contributed by atoms with van der Waals surface area (Å²) in [5.41, 5.74) is 7.42. The Morgan fingerprint density at radius 1 is 1.24 bits per heavy atom. The second-order valence-electron chi connectivity index (χ2n) is 5.78. The van der Waals surface area contributed by atoms with Crippen molar-refractivity contribution in [1.82, 2.24) is 9.78 Å². The minimum absolute atomic E-state index is 0.329. The van der Waals surface area contributed by atoms with Crippen molar-refractivity contribution in [2.75, 3.05) is 0 Å². The predicted molar refractivity (Wildman–Crippen MR) is 68.8 cm³/mol. The number of nitrogens with zero attached hydrogens (tertiary/aromatic N) is 2. The Hall–Kier alpha value is -0.830. The molecule has 1 atom stereocenters. The number of hydrogen-bond acceptors (Lipinski definition) is 2. The molecule has 3 rings (SSSR count). The van der Waals surface area contributed by atoms with Gasteiger partial charge in [-0.2, -0.15) is 5.10 Å². The van der Waals surface area contributed by atoms with Crippen LogP contribution in [0.2, 0.25) is 0 Å². The smallest absolute Gasteiger partial charge is 0.0640 e. The molecule has 0 saturated heterocycles. The van der Waals surface area contributed by atoms with E-state index in [0.29, 0.717) is 12.1 Å². The molecule has 0 spiro atoms. The van der Waals surface area contributed by atoms with Crippen molar-refractivity contribution in [2.24, 2.45) is 11.7 Å². The Labute approximate surface area is 103 Å². The van der Waals surface area contributed by atoms with Crippen LogP contribution in [0.5, 0.6) is 0 Å². The van der Waals surface area contributed by atoms with Crippen LogP contribution in [0.4, 0.5) is 0 Å². The van der Waals surface area contributed by atoms with E-state index in [1.807, 2.05) is 0 Å². The third-order valence-electron chi connectivity index (χ3n) is 4.56. The first kappa shape index (κ1) is 11.3. The molecular weight excluding hydrogens is 210 g/mol. The maximum atomic E-state index is 6.22. The number of rotatable bonds is 4. The number of nitrogens with two attached hydrogens (primary N) is 1. The number of hydrogen-bond donors (Lipinski definition) is 1. The van der Waals surface area contributed by atoms with Crippen LogP contribution in [0.25, 0.3) is 0 Å². The average molecular weight is 233 g/mol. The van der Waals surface area contributed by atoms with E-state index in [1.165, 1.54) is 50.6 Å². The van der Waals surface area contributed by atoms with Crippen LogP contribution < -0.4 is 5.73 Å². The van der Waals surface area contributed by atoms with Crippen LogP contribution in [0.1, 0.15) is 56.7 Å². The van der Waals surface area contributed by atoms with Gasteiger partial charge in [-0.05, 0) is 37.7 Å². The quantitative estimate of drug-likeness (QED) is 0.869. The van der Waals surface area contributed by atoms with Crippen molar-refractivity contribution >= 4 is 0 Å². The Bertz CT molecular complexity index is 361. The third kappa shape index (κ3) is 2.39. The van der Waals surface area contributed by atoms with Crippen LogP contribution in [-0.2, 0) is 6.42 Å². The van der Waals surface area contributed by atoms with Gasteiger partial charge in [-0.15, -0.1) is 0 Å². The van der Waals surface area contributed by atoms with Crippen molar-refractivity contribution in [2.45, 2.75) is 63.5 Å². The molecule has 2 aliphatic carbocycles. The second kappa shape index (κ2) is 4.81. The van der Waals surface area contributed by atoms with E-state index in [9.17, 15) is 0 Å². The monoisotopic (exact) mass is 233 g/mol. The summed E-state index contributed by atoms with van der Waals surface area (Å²) in [6.45, 7) is 0.